The van der Waals surface area contributed by atoms with Crippen LogP contribution in [0.3, 0.4) is 0 Å². The first-order valence-corrected chi connectivity index (χ1v) is 9.01. The lowest BCUT2D eigenvalue weighted by Crippen LogP contribution is -2.32. The van der Waals surface area contributed by atoms with Gasteiger partial charge in [-0.1, -0.05) is 15.9 Å². The number of nitrogens with one attached hydrogen (secondary N) is 1. The summed E-state index contributed by atoms with van der Waals surface area (Å²) in [5.74, 6) is 1.88. The van der Waals surface area contributed by atoms with Crippen molar-refractivity contribution in [3.05, 3.63) is 33.8 Å². The molecule has 4 heteroatoms. The SMILES string of the molecule is CN1CCC(CCNCC2=Cc3cc(Br)ccc3OC2)CC1. The third kappa shape index (κ3) is 4.34. The zero-order chi connectivity index (χ0) is 15.4. The first-order valence-electron chi connectivity index (χ1n) is 8.22. The molecule has 0 unspecified atom stereocenters. The Balaban J connectivity index is 1.42. The van der Waals surface area contributed by atoms with E-state index in [0.29, 0.717) is 6.61 Å². The minimum absolute atomic E-state index is 0.704. The summed E-state index contributed by atoms with van der Waals surface area (Å²) in [5, 5.41) is 3.59. The standard InChI is InChI=1S/C18H25BrN2O/c1-21-8-5-14(6-9-21)4-7-20-12-15-10-16-11-17(19)2-3-18(16)22-13-15/h2-3,10-11,14,20H,4-9,12-13H2,1H3. The number of ether oxygens (including phenoxy) is 1. The van der Waals surface area contributed by atoms with Crippen LogP contribution in [0.4, 0.5) is 0 Å². The predicted octanol–water partition coefficient (Wildman–Crippen LogP) is 3.55. The van der Waals surface area contributed by atoms with Gasteiger partial charge in [0.05, 0.1) is 0 Å². The van der Waals surface area contributed by atoms with Gasteiger partial charge in [-0.05, 0) is 81.7 Å². The van der Waals surface area contributed by atoms with Gasteiger partial charge in [0, 0.05) is 16.6 Å². The van der Waals surface area contributed by atoms with Gasteiger partial charge in [-0.3, -0.25) is 0 Å². The van der Waals surface area contributed by atoms with Crippen LogP contribution in [0.25, 0.3) is 6.08 Å². The first-order chi connectivity index (χ1) is 10.7. The van der Waals surface area contributed by atoms with E-state index >= 15 is 0 Å². The fourth-order valence-electron chi connectivity index (χ4n) is 3.20. The Kier molecular flexibility index (Phi) is 5.55. The fourth-order valence-corrected chi connectivity index (χ4v) is 3.58. The number of benzene rings is 1. The lowest BCUT2D eigenvalue weighted by atomic mass is 9.94. The van der Waals surface area contributed by atoms with Gasteiger partial charge in [-0.25, -0.2) is 0 Å². The summed E-state index contributed by atoms with van der Waals surface area (Å²) < 4.78 is 6.91. The van der Waals surface area contributed by atoms with Crippen LogP contribution >= 0.6 is 15.9 Å². The molecule has 0 aromatic heterocycles. The summed E-state index contributed by atoms with van der Waals surface area (Å²) in [5.41, 5.74) is 2.50. The van der Waals surface area contributed by atoms with E-state index in [4.69, 9.17) is 4.74 Å². The van der Waals surface area contributed by atoms with Gasteiger partial charge in [0.1, 0.15) is 12.4 Å². The lowest BCUT2D eigenvalue weighted by Gasteiger charge is -2.29. The number of rotatable bonds is 5. The van der Waals surface area contributed by atoms with E-state index in [-0.39, 0.29) is 0 Å². The largest absolute Gasteiger partial charge is 0.489 e. The van der Waals surface area contributed by atoms with Crippen molar-refractivity contribution < 1.29 is 4.74 Å². The first kappa shape index (κ1) is 16.0. The molecule has 1 fully saturated rings. The average Bonchev–Trinajstić information content (AvgIpc) is 2.53. The highest BCUT2D eigenvalue weighted by Crippen LogP contribution is 2.28. The van der Waals surface area contributed by atoms with E-state index in [1.165, 1.54) is 43.5 Å². The molecule has 22 heavy (non-hydrogen) atoms. The van der Waals surface area contributed by atoms with Crippen LogP contribution in [0.2, 0.25) is 0 Å². The minimum Gasteiger partial charge on any atom is -0.489 e. The predicted molar refractivity (Wildman–Crippen MR) is 95.3 cm³/mol. The van der Waals surface area contributed by atoms with Crippen LogP contribution in [-0.2, 0) is 0 Å². The molecule has 0 bridgehead atoms. The second-order valence-electron chi connectivity index (χ2n) is 6.49. The van der Waals surface area contributed by atoms with Crippen molar-refractivity contribution in [1.29, 1.82) is 0 Å². The van der Waals surface area contributed by atoms with Crippen molar-refractivity contribution in [3.8, 4) is 5.75 Å². The highest BCUT2D eigenvalue weighted by molar-refractivity contribution is 9.10. The molecule has 2 heterocycles. The second kappa shape index (κ2) is 7.62. The molecule has 1 aromatic rings. The van der Waals surface area contributed by atoms with E-state index < -0.39 is 0 Å². The van der Waals surface area contributed by atoms with Crippen LogP contribution in [0, 0.1) is 5.92 Å². The average molecular weight is 365 g/mol. The lowest BCUT2D eigenvalue weighted by molar-refractivity contribution is 0.212. The van der Waals surface area contributed by atoms with Gasteiger partial charge in [0.25, 0.3) is 0 Å². The number of likely N-dealkylation sites (tertiary alicyclic amines) is 1. The number of hydrogen-bond acceptors (Lipinski definition) is 3. The van der Waals surface area contributed by atoms with Gasteiger partial charge < -0.3 is 15.0 Å². The number of fused-ring (bicyclic) bond motifs is 1. The third-order valence-corrected chi connectivity index (χ3v) is 5.16. The van der Waals surface area contributed by atoms with Crippen LogP contribution in [0.15, 0.2) is 28.2 Å². The Morgan fingerprint density at radius 3 is 2.95 bits per heavy atom. The molecule has 0 atom stereocenters. The van der Waals surface area contributed by atoms with Crippen LogP contribution in [0.1, 0.15) is 24.8 Å². The number of halogens is 1. The Morgan fingerprint density at radius 1 is 1.32 bits per heavy atom. The van der Waals surface area contributed by atoms with Crippen molar-refractivity contribution >= 4 is 22.0 Å². The molecule has 2 aliphatic heterocycles. The molecule has 1 saturated heterocycles. The number of piperidine rings is 1. The van der Waals surface area contributed by atoms with Crippen molar-refractivity contribution in [2.45, 2.75) is 19.3 Å². The molecule has 0 radical (unpaired) electrons. The Morgan fingerprint density at radius 2 is 2.14 bits per heavy atom. The van der Waals surface area contributed by atoms with Crippen molar-refractivity contribution in [3.63, 3.8) is 0 Å². The van der Waals surface area contributed by atoms with E-state index in [1.54, 1.807) is 0 Å². The minimum atomic E-state index is 0.704. The molecule has 0 amide bonds. The molecule has 120 valence electrons. The summed E-state index contributed by atoms with van der Waals surface area (Å²) in [6.07, 6.45) is 6.26. The molecule has 0 saturated carbocycles. The fraction of sp³-hybridized carbons (Fsp3) is 0.556. The molecular weight excluding hydrogens is 340 g/mol. The Bertz CT molecular complexity index is 536. The topological polar surface area (TPSA) is 24.5 Å². The Labute approximate surface area is 141 Å². The summed E-state index contributed by atoms with van der Waals surface area (Å²) in [4.78, 5) is 2.43. The van der Waals surface area contributed by atoms with E-state index in [9.17, 15) is 0 Å². The van der Waals surface area contributed by atoms with Gasteiger partial charge in [0.2, 0.25) is 0 Å². The number of hydrogen-bond donors (Lipinski definition) is 1. The zero-order valence-electron chi connectivity index (χ0n) is 13.3. The van der Waals surface area contributed by atoms with Crippen molar-refractivity contribution in [2.24, 2.45) is 5.92 Å². The molecule has 0 aliphatic carbocycles. The summed E-state index contributed by atoms with van der Waals surface area (Å²) in [7, 11) is 2.22. The Hall–Kier alpha value is -0.840. The van der Waals surface area contributed by atoms with Crippen LogP contribution in [-0.4, -0.2) is 44.7 Å². The maximum Gasteiger partial charge on any atom is 0.127 e. The molecular formula is C18H25BrN2O. The molecule has 1 aromatic carbocycles. The molecule has 3 nitrogen and oxygen atoms in total. The summed E-state index contributed by atoms with van der Waals surface area (Å²) in [6, 6.07) is 6.17. The maximum absolute atomic E-state index is 5.82. The van der Waals surface area contributed by atoms with Crippen molar-refractivity contribution in [2.75, 3.05) is 39.8 Å². The highest BCUT2D eigenvalue weighted by Gasteiger charge is 2.16. The molecule has 2 aliphatic rings. The van der Waals surface area contributed by atoms with Gasteiger partial charge in [0.15, 0.2) is 0 Å². The molecule has 0 spiro atoms. The summed E-state index contributed by atoms with van der Waals surface area (Å²) >= 11 is 3.52. The molecule has 3 rings (SSSR count). The third-order valence-electron chi connectivity index (χ3n) is 4.66. The van der Waals surface area contributed by atoms with Gasteiger partial charge >= 0.3 is 0 Å². The van der Waals surface area contributed by atoms with Gasteiger partial charge in [-0.2, -0.15) is 0 Å². The van der Waals surface area contributed by atoms with Gasteiger partial charge in [-0.15, -0.1) is 0 Å². The van der Waals surface area contributed by atoms with E-state index in [1.807, 2.05) is 12.1 Å². The van der Waals surface area contributed by atoms with Crippen LogP contribution in [0.5, 0.6) is 5.75 Å². The smallest absolute Gasteiger partial charge is 0.127 e. The summed E-state index contributed by atoms with van der Waals surface area (Å²) in [6.45, 7) is 5.26. The highest BCUT2D eigenvalue weighted by atomic mass is 79.9. The zero-order valence-corrected chi connectivity index (χ0v) is 14.9. The van der Waals surface area contributed by atoms with Crippen LogP contribution < -0.4 is 10.1 Å². The monoisotopic (exact) mass is 364 g/mol. The quantitative estimate of drug-likeness (QED) is 0.808. The second-order valence-corrected chi connectivity index (χ2v) is 7.40. The van der Waals surface area contributed by atoms with Crippen molar-refractivity contribution in [1.82, 2.24) is 10.2 Å². The van der Waals surface area contributed by atoms with E-state index in [2.05, 4.69) is 45.3 Å². The normalized spacial score (nSPS) is 19.5. The molecule has 1 N–H and O–H groups in total. The maximum atomic E-state index is 5.82. The van der Waals surface area contributed by atoms with E-state index in [0.717, 1.165) is 29.2 Å². The number of nitrogens with zero attached hydrogens (tertiary/aromatic N) is 1.